The Bertz CT molecular complexity index is 5610. The molecule has 8 amide bonds. The van der Waals surface area contributed by atoms with Crippen molar-refractivity contribution in [3.8, 4) is 0 Å². The zero-order chi connectivity index (χ0) is 77.0. The minimum absolute atomic E-state index is 0.166. The number of fused-ring (bicyclic) bond motifs is 6. The molecule has 112 heavy (non-hydrogen) atoms. The number of carbonyl (C=O) groups is 8. The number of carbonyl (C=O) groups excluding carboxylic acids is 8. The molecule has 0 spiro atoms. The lowest BCUT2D eigenvalue weighted by molar-refractivity contribution is -0.172. The molecule has 4 aliphatic rings. The Morgan fingerprint density at radius 1 is 0.268 bits per heavy atom. The second-order valence-electron chi connectivity index (χ2n) is 29.2. The maximum atomic E-state index is 16.0. The summed E-state index contributed by atoms with van der Waals surface area (Å²) in [4.78, 5) is 127. The van der Waals surface area contributed by atoms with Crippen LogP contribution in [0.4, 0.5) is 0 Å². The zero-order valence-corrected chi connectivity index (χ0v) is 63.9. The summed E-state index contributed by atoms with van der Waals surface area (Å²) in [6.45, 7) is 7.75. The van der Waals surface area contributed by atoms with Gasteiger partial charge in [0.2, 0.25) is 23.6 Å². The van der Waals surface area contributed by atoms with Gasteiger partial charge in [-0.2, -0.15) is 0 Å². The van der Waals surface area contributed by atoms with Gasteiger partial charge < -0.3 is 21.3 Å². The number of hydrogen-bond donors (Lipinski definition) is 4. The van der Waals surface area contributed by atoms with E-state index >= 15 is 38.4 Å². The van der Waals surface area contributed by atoms with Crippen LogP contribution in [0.5, 0.6) is 0 Å². The van der Waals surface area contributed by atoms with Gasteiger partial charge in [-0.15, -0.1) is 0 Å². The third-order valence-electron chi connectivity index (χ3n) is 22.5. The normalized spacial score (nSPS) is 19.3. The fourth-order valence-electron chi connectivity index (χ4n) is 17.3. The summed E-state index contributed by atoms with van der Waals surface area (Å²) < 4.78 is 0. The Kier molecular flexibility index (Phi) is 19.7. The Balaban J connectivity index is 0.866. The van der Waals surface area contributed by atoms with Gasteiger partial charge in [-0.05, 0) is 166 Å². The van der Waals surface area contributed by atoms with Crippen LogP contribution in [-0.4, -0.2) is 67.3 Å². The van der Waals surface area contributed by atoms with Gasteiger partial charge in [0.05, 0.1) is 24.2 Å². The molecule has 0 saturated carbocycles. The van der Waals surface area contributed by atoms with Crippen molar-refractivity contribution in [2.24, 2.45) is 0 Å². The van der Waals surface area contributed by atoms with E-state index in [-0.39, 0.29) is 47.9 Å². The van der Waals surface area contributed by atoms with Crippen LogP contribution in [0.2, 0.25) is 0 Å². The number of hydrogen-bond acceptors (Lipinski definition) is 8. The number of hydrazine groups is 2. The van der Waals surface area contributed by atoms with Gasteiger partial charge in [-0.25, -0.2) is 20.0 Å². The molecule has 0 radical (unpaired) electrons. The lowest BCUT2D eigenvalue weighted by Crippen LogP contribution is -2.51. The molecule has 16 nitrogen and oxygen atoms in total. The number of benzene rings is 13. The lowest BCUT2D eigenvalue weighted by Gasteiger charge is -2.40. The van der Waals surface area contributed by atoms with E-state index in [9.17, 15) is 0 Å². The van der Waals surface area contributed by atoms with Gasteiger partial charge in [0.15, 0.2) is 0 Å². The van der Waals surface area contributed by atoms with E-state index in [0.29, 0.717) is 32.9 Å². The molecule has 13 aromatic carbocycles. The highest BCUT2D eigenvalue weighted by atomic mass is 31.1. The summed E-state index contributed by atoms with van der Waals surface area (Å²) in [7, 11) is -4.49. The molecule has 554 valence electrons. The Morgan fingerprint density at radius 3 is 0.777 bits per heavy atom. The molecule has 2 unspecified atom stereocenters. The molecule has 0 bridgehead atoms. The van der Waals surface area contributed by atoms with Crippen molar-refractivity contribution in [3.05, 3.63) is 358 Å². The van der Waals surface area contributed by atoms with Crippen LogP contribution in [0.25, 0.3) is 43.1 Å². The third kappa shape index (κ3) is 13.0. The monoisotopic (exact) mass is 1510 g/mol. The number of nitrogens with zero attached hydrogens (tertiary/aromatic N) is 4. The largest absolute Gasteiger partial charge is 0.345 e. The van der Waals surface area contributed by atoms with Gasteiger partial charge >= 0.3 is 0 Å². The summed E-state index contributed by atoms with van der Waals surface area (Å²) in [5.41, 5.74) is 6.42. The summed E-state index contributed by atoms with van der Waals surface area (Å²) in [5, 5.41) is 28.4. The molecule has 4 aliphatic heterocycles. The first-order chi connectivity index (χ1) is 54.6. The average molecular weight is 1510 g/mol. The van der Waals surface area contributed by atoms with Crippen molar-refractivity contribution >= 4 is 117 Å². The van der Waals surface area contributed by atoms with Crippen LogP contribution in [0.15, 0.2) is 291 Å². The zero-order valence-electron chi connectivity index (χ0n) is 62.1. The molecule has 4 saturated heterocycles. The van der Waals surface area contributed by atoms with E-state index in [4.69, 9.17) is 0 Å². The lowest BCUT2D eigenvalue weighted by atomic mass is 9.99. The van der Waals surface area contributed by atoms with Gasteiger partial charge in [-0.1, -0.05) is 267 Å². The van der Waals surface area contributed by atoms with Crippen LogP contribution in [0, 0.1) is 0 Å². The van der Waals surface area contributed by atoms with Crippen LogP contribution in [0.3, 0.4) is 0 Å². The van der Waals surface area contributed by atoms with Crippen molar-refractivity contribution in [2.45, 2.75) is 101 Å². The Labute approximate surface area is 651 Å². The van der Waals surface area contributed by atoms with Crippen molar-refractivity contribution < 1.29 is 38.4 Å². The summed E-state index contributed by atoms with van der Waals surface area (Å²) in [6, 6.07) is 90.3. The highest BCUT2D eigenvalue weighted by Crippen LogP contribution is 2.75. The summed E-state index contributed by atoms with van der Waals surface area (Å²) >= 11 is 0. The number of rotatable bonds is 18. The predicted molar refractivity (Wildman–Crippen MR) is 441 cm³/mol. The number of nitrogens with one attached hydrogen (secondary N) is 4. The van der Waals surface area contributed by atoms with Crippen LogP contribution in [0.1, 0.15) is 187 Å². The molecule has 18 heteroatoms. The first-order valence-corrected chi connectivity index (χ1v) is 41.0. The van der Waals surface area contributed by atoms with Gasteiger partial charge in [0.25, 0.3) is 23.6 Å². The third-order valence-corrected chi connectivity index (χ3v) is 28.5. The molecular formula is C94H80N8O8P2. The molecule has 4 fully saturated rings. The highest BCUT2D eigenvalue weighted by molar-refractivity contribution is 7.67. The maximum absolute atomic E-state index is 16.0. The van der Waals surface area contributed by atoms with E-state index in [1.165, 1.54) is 10.0 Å². The summed E-state index contributed by atoms with van der Waals surface area (Å²) in [6.07, 6.45) is -0.688. The maximum Gasteiger partial charge on any atom is 0.252 e. The smallest absolute Gasteiger partial charge is 0.252 e. The first-order valence-electron chi connectivity index (χ1n) is 38.1. The van der Waals surface area contributed by atoms with Crippen molar-refractivity contribution in [3.63, 3.8) is 0 Å². The van der Waals surface area contributed by atoms with Crippen molar-refractivity contribution in [1.29, 1.82) is 0 Å². The second-order valence-corrected chi connectivity index (χ2v) is 33.7. The van der Waals surface area contributed by atoms with Crippen LogP contribution < -0.4 is 31.9 Å². The highest BCUT2D eigenvalue weighted by Gasteiger charge is 2.61. The van der Waals surface area contributed by atoms with Gasteiger partial charge in [-0.3, -0.25) is 38.4 Å². The van der Waals surface area contributed by atoms with E-state index in [1.54, 1.807) is 58.5 Å². The standard InChI is InChI=1S/C94H80N8O8P2/c1-57(65-47-23-31-61-27-5-9-35-69(61)65)95-87(107)73-39-13-15-41-75(73)91-99-83(103)53-55-85(105)101(99)93(111(91)81-51-21-19-45-79(81)89(109)97-59(3)67-49-25-33-63-29-7-11-37-71(63)67)77-43-17-18-44-78(77)94-102-86(106)56-54-84(104)100(102)92(76-42-16-14-40-74(76)88(108)96-58(2)66-48-24-32-62-28-6-10-36-70(62)66)112(94)82-52-22-20-46-80(82)90(110)98-60(4)68-50-26-34-64-30-8-12-38-72(64)68/h5-52,57-60,91-94H,53-56H2,1-4H3,(H,95,107)(H,96,108)(H,97,109)(H,98,110)/t57-,58-,59-,60-,91+,92+,93+,94+,111?,112?/m0/s1. The van der Waals surface area contributed by atoms with Crippen LogP contribution in [-0.2, 0) is 19.2 Å². The van der Waals surface area contributed by atoms with Crippen molar-refractivity contribution in [1.82, 2.24) is 41.3 Å². The molecule has 4 heterocycles. The van der Waals surface area contributed by atoms with E-state index in [2.05, 4.69) is 21.3 Å². The van der Waals surface area contributed by atoms with E-state index in [0.717, 1.165) is 65.3 Å². The van der Waals surface area contributed by atoms with Gasteiger partial charge in [0, 0.05) is 47.9 Å². The predicted octanol–water partition coefficient (Wildman–Crippen LogP) is 18.0. The van der Waals surface area contributed by atoms with Crippen LogP contribution >= 0.6 is 15.8 Å². The van der Waals surface area contributed by atoms with E-state index < -0.39 is 110 Å². The molecule has 0 aliphatic carbocycles. The minimum Gasteiger partial charge on any atom is -0.345 e. The van der Waals surface area contributed by atoms with E-state index in [1.807, 2.05) is 270 Å². The number of amides is 8. The molecular weight excluding hydrogens is 1430 g/mol. The Morgan fingerprint density at radius 2 is 0.482 bits per heavy atom. The minimum atomic E-state index is -2.24. The SMILES string of the molecule is C[C@H](NC(=O)c1ccccc1[C@@H]1N2C(=O)CCC(=O)N2[C@@H](c2ccccc2[C@@H]2N3C(=O)CCC(=O)N3[C@@H](c3ccccc3C(=O)N[C@@H](C)c3cccc4ccccc34)P2c2ccccc2C(=O)N[C@@H](C)c2cccc3ccccc23)P1c1ccccc1C(=O)N[C@@H](C)c1cccc2ccccc12)c1cccc2ccccc12. The fourth-order valence-corrected chi connectivity index (χ4v) is 24.4. The van der Waals surface area contributed by atoms with Crippen molar-refractivity contribution in [2.75, 3.05) is 0 Å². The topological polar surface area (TPSA) is 198 Å². The molecule has 4 N–H and O–H groups in total. The molecule has 10 atom stereocenters. The first kappa shape index (κ1) is 72.4. The molecule has 13 aromatic rings. The average Bonchev–Trinajstić information content (AvgIpc) is 1.54. The molecule has 17 rings (SSSR count). The Hall–Kier alpha value is -12.5. The molecule has 0 aromatic heterocycles. The van der Waals surface area contributed by atoms with Gasteiger partial charge in [0.1, 0.15) is 23.1 Å². The quantitative estimate of drug-likeness (QED) is 0.0609. The second kappa shape index (κ2) is 30.4. The summed E-state index contributed by atoms with van der Waals surface area (Å²) in [5.74, 6) is -7.85. The fraction of sp³-hybridized carbons (Fsp3) is 0.170.